The molecule has 5 rings (SSSR count). The van der Waals surface area contributed by atoms with Gasteiger partial charge in [-0.1, -0.05) is 59.4 Å². The zero-order chi connectivity index (χ0) is 26.4. The predicted octanol–water partition coefficient (Wildman–Crippen LogP) is 5.87. The molecule has 3 aromatic carbocycles. The standard InChI is InChI=1S/C29H26N2O5S/c1-15-9-11-18(12-10-15)25(32)22-24(19-7-6-8-20(35-4)27(19)36-5)31(28(34)26(22)33)29-30-23-17(3)13-16(2)14-21(23)37-29/h6-14,24,32H,1-5H3/b25-22+. The molecule has 1 atom stereocenters. The summed E-state index contributed by atoms with van der Waals surface area (Å²) in [6.07, 6.45) is 0. The summed E-state index contributed by atoms with van der Waals surface area (Å²) in [4.78, 5) is 33.3. The molecular weight excluding hydrogens is 488 g/mol. The SMILES string of the molecule is COc1cccc(C2/C(=C(\O)c3ccc(C)cc3)C(=O)C(=O)N2c2nc3c(C)cc(C)cc3s2)c1OC. The number of ether oxygens (including phenoxy) is 2. The molecule has 1 saturated heterocycles. The van der Waals surface area contributed by atoms with E-state index in [1.54, 1.807) is 30.3 Å². The summed E-state index contributed by atoms with van der Waals surface area (Å²) in [6.45, 7) is 5.90. The molecule has 188 valence electrons. The van der Waals surface area contributed by atoms with E-state index in [0.717, 1.165) is 26.9 Å². The summed E-state index contributed by atoms with van der Waals surface area (Å²) in [5.74, 6) is -1.01. The molecule has 1 N–H and O–H groups in total. The van der Waals surface area contributed by atoms with Gasteiger partial charge in [0.15, 0.2) is 16.6 Å². The van der Waals surface area contributed by atoms with Gasteiger partial charge >= 0.3 is 5.91 Å². The third kappa shape index (κ3) is 4.03. The number of para-hydroxylation sites is 1. The number of aryl methyl sites for hydroxylation is 3. The summed E-state index contributed by atoms with van der Waals surface area (Å²) in [5.41, 5.74) is 4.73. The van der Waals surface area contributed by atoms with E-state index in [9.17, 15) is 14.7 Å². The molecule has 1 fully saturated rings. The molecule has 1 aliphatic rings. The number of anilines is 1. The number of nitrogens with zero attached hydrogens (tertiary/aromatic N) is 2. The molecule has 2 heterocycles. The van der Waals surface area contributed by atoms with Crippen LogP contribution in [0, 0.1) is 20.8 Å². The van der Waals surface area contributed by atoms with Crippen molar-refractivity contribution >= 4 is 44.1 Å². The van der Waals surface area contributed by atoms with E-state index >= 15 is 0 Å². The Morgan fingerprint density at radius 2 is 1.70 bits per heavy atom. The fourth-order valence-corrected chi connectivity index (χ4v) is 5.95. The Balaban J connectivity index is 1.80. The normalized spacial score (nSPS) is 17.0. The number of carbonyl (C=O) groups is 2. The molecule has 1 aliphatic heterocycles. The van der Waals surface area contributed by atoms with Crippen molar-refractivity contribution in [3.8, 4) is 11.5 Å². The van der Waals surface area contributed by atoms with Crippen molar-refractivity contribution in [2.24, 2.45) is 0 Å². The van der Waals surface area contributed by atoms with Crippen molar-refractivity contribution in [3.63, 3.8) is 0 Å². The molecule has 1 amide bonds. The number of fused-ring (bicyclic) bond motifs is 1. The molecule has 7 nitrogen and oxygen atoms in total. The number of hydrogen-bond acceptors (Lipinski definition) is 7. The van der Waals surface area contributed by atoms with Crippen LogP contribution in [-0.2, 0) is 9.59 Å². The summed E-state index contributed by atoms with van der Waals surface area (Å²) in [6, 6.07) is 15.4. The average Bonchev–Trinajstić information content (AvgIpc) is 3.42. The quantitative estimate of drug-likeness (QED) is 0.204. The summed E-state index contributed by atoms with van der Waals surface area (Å²) in [7, 11) is 3.01. The Labute approximate surface area is 218 Å². The number of hydrogen-bond donors (Lipinski definition) is 1. The van der Waals surface area contributed by atoms with E-state index in [2.05, 4.69) is 0 Å². The van der Waals surface area contributed by atoms with E-state index < -0.39 is 17.7 Å². The van der Waals surface area contributed by atoms with Crippen molar-refractivity contribution in [1.82, 2.24) is 4.98 Å². The first-order chi connectivity index (χ1) is 17.7. The number of methoxy groups -OCH3 is 2. The molecule has 37 heavy (non-hydrogen) atoms. The number of thiazole rings is 1. The van der Waals surface area contributed by atoms with Crippen molar-refractivity contribution in [2.75, 3.05) is 19.1 Å². The van der Waals surface area contributed by atoms with Gasteiger partial charge in [0, 0.05) is 11.1 Å². The van der Waals surface area contributed by atoms with Crippen molar-refractivity contribution in [2.45, 2.75) is 26.8 Å². The second-order valence-electron chi connectivity index (χ2n) is 9.04. The molecule has 1 aromatic heterocycles. The molecule has 0 saturated carbocycles. The first-order valence-corrected chi connectivity index (χ1v) is 12.5. The largest absolute Gasteiger partial charge is 0.507 e. The Bertz CT molecular complexity index is 1590. The van der Waals surface area contributed by atoms with Crippen LogP contribution in [0.4, 0.5) is 5.13 Å². The van der Waals surface area contributed by atoms with E-state index in [1.165, 1.54) is 30.5 Å². The lowest BCUT2D eigenvalue weighted by atomic mass is 9.94. The topological polar surface area (TPSA) is 89.0 Å². The van der Waals surface area contributed by atoms with Crippen LogP contribution < -0.4 is 14.4 Å². The highest BCUT2D eigenvalue weighted by Gasteiger charge is 2.49. The van der Waals surface area contributed by atoms with E-state index in [4.69, 9.17) is 14.5 Å². The number of benzene rings is 3. The second kappa shape index (κ2) is 9.37. The molecule has 0 bridgehead atoms. The van der Waals surface area contributed by atoms with Gasteiger partial charge in [0.05, 0.1) is 30.0 Å². The van der Waals surface area contributed by atoms with Gasteiger partial charge < -0.3 is 14.6 Å². The van der Waals surface area contributed by atoms with Crippen LogP contribution in [-0.4, -0.2) is 36.0 Å². The number of Topliss-reactive ketones (excluding diaryl/α,β-unsaturated/α-hetero) is 1. The van der Waals surface area contributed by atoms with Crippen LogP contribution in [0.15, 0.2) is 60.2 Å². The minimum Gasteiger partial charge on any atom is -0.507 e. The second-order valence-corrected chi connectivity index (χ2v) is 10.1. The molecule has 0 spiro atoms. The van der Waals surface area contributed by atoms with Gasteiger partial charge in [-0.05, 0) is 44.0 Å². The maximum absolute atomic E-state index is 13.6. The van der Waals surface area contributed by atoms with Gasteiger partial charge in [0.2, 0.25) is 0 Å². The van der Waals surface area contributed by atoms with Gasteiger partial charge in [0.1, 0.15) is 11.8 Å². The summed E-state index contributed by atoms with van der Waals surface area (Å²) in [5, 5.41) is 11.8. The Morgan fingerprint density at radius 1 is 0.973 bits per heavy atom. The van der Waals surface area contributed by atoms with Crippen LogP contribution in [0.1, 0.15) is 33.9 Å². The summed E-state index contributed by atoms with van der Waals surface area (Å²) >= 11 is 1.33. The Morgan fingerprint density at radius 3 is 2.38 bits per heavy atom. The van der Waals surface area contributed by atoms with Gasteiger partial charge in [0.25, 0.3) is 5.78 Å². The molecule has 0 aliphatic carbocycles. The number of aliphatic hydroxyl groups excluding tert-OH is 1. The van der Waals surface area contributed by atoms with Crippen molar-refractivity contribution in [3.05, 3.63) is 88.0 Å². The minimum atomic E-state index is -0.978. The number of aliphatic hydroxyl groups is 1. The molecule has 4 aromatic rings. The van der Waals surface area contributed by atoms with Crippen LogP contribution in [0.5, 0.6) is 11.5 Å². The van der Waals surface area contributed by atoms with Crippen LogP contribution in [0.25, 0.3) is 16.0 Å². The van der Waals surface area contributed by atoms with E-state index in [0.29, 0.717) is 27.8 Å². The Hall–Kier alpha value is -4.17. The van der Waals surface area contributed by atoms with Crippen LogP contribution in [0.2, 0.25) is 0 Å². The van der Waals surface area contributed by atoms with Gasteiger partial charge in [-0.25, -0.2) is 4.98 Å². The zero-order valence-electron chi connectivity index (χ0n) is 21.2. The van der Waals surface area contributed by atoms with Crippen LogP contribution in [0.3, 0.4) is 0 Å². The predicted molar refractivity (Wildman–Crippen MR) is 145 cm³/mol. The number of rotatable bonds is 5. The third-order valence-electron chi connectivity index (χ3n) is 6.52. The molecular formula is C29H26N2O5S. The van der Waals surface area contributed by atoms with E-state index in [1.807, 2.05) is 45.0 Å². The third-order valence-corrected chi connectivity index (χ3v) is 7.52. The highest BCUT2D eigenvalue weighted by molar-refractivity contribution is 7.22. The zero-order valence-corrected chi connectivity index (χ0v) is 22.0. The highest BCUT2D eigenvalue weighted by atomic mass is 32.1. The lowest BCUT2D eigenvalue weighted by Crippen LogP contribution is -2.29. The Kier molecular flexibility index (Phi) is 6.21. The molecule has 0 radical (unpaired) electrons. The van der Waals surface area contributed by atoms with Crippen molar-refractivity contribution in [1.29, 1.82) is 0 Å². The number of carbonyl (C=O) groups excluding carboxylic acids is 2. The molecule has 8 heteroatoms. The smallest absolute Gasteiger partial charge is 0.301 e. The number of ketones is 1. The fourth-order valence-electron chi connectivity index (χ4n) is 4.78. The monoisotopic (exact) mass is 514 g/mol. The maximum Gasteiger partial charge on any atom is 0.301 e. The van der Waals surface area contributed by atoms with Gasteiger partial charge in [-0.3, -0.25) is 14.5 Å². The van der Waals surface area contributed by atoms with Crippen LogP contribution >= 0.6 is 11.3 Å². The molecule has 1 unspecified atom stereocenters. The van der Waals surface area contributed by atoms with E-state index in [-0.39, 0.29) is 11.3 Å². The average molecular weight is 515 g/mol. The number of aromatic nitrogens is 1. The summed E-state index contributed by atoms with van der Waals surface area (Å²) < 4.78 is 12.1. The minimum absolute atomic E-state index is 0.0347. The van der Waals surface area contributed by atoms with Gasteiger partial charge in [-0.2, -0.15) is 0 Å². The first-order valence-electron chi connectivity index (χ1n) is 11.7. The maximum atomic E-state index is 13.6. The lowest BCUT2D eigenvalue weighted by molar-refractivity contribution is -0.132. The number of amides is 1. The first kappa shape index (κ1) is 24.5. The van der Waals surface area contributed by atoms with Crippen molar-refractivity contribution < 1.29 is 24.2 Å². The lowest BCUT2D eigenvalue weighted by Gasteiger charge is -2.25. The fraction of sp³-hybridized carbons (Fsp3) is 0.207. The van der Waals surface area contributed by atoms with Gasteiger partial charge in [-0.15, -0.1) is 0 Å². The highest BCUT2D eigenvalue weighted by Crippen LogP contribution is 2.48.